The number of hydrogen-bond acceptors (Lipinski definition) is 0. The van der Waals surface area contributed by atoms with E-state index in [9.17, 15) is 0 Å². The summed E-state index contributed by atoms with van der Waals surface area (Å²) in [5, 5.41) is 0. The maximum atomic E-state index is 2.31. The molecule has 0 fully saturated rings. The first-order valence-corrected chi connectivity index (χ1v) is 6.29. The molecule has 88 valence electrons. The molecule has 0 N–H and O–H groups in total. The summed E-state index contributed by atoms with van der Waals surface area (Å²) in [5.74, 6) is 0. The summed E-state index contributed by atoms with van der Waals surface area (Å²) in [4.78, 5) is 0. The third-order valence-electron chi connectivity index (χ3n) is 3.33. The van der Waals surface area contributed by atoms with Gasteiger partial charge < -0.3 is 0 Å². The Bertz CT molecular complexity index is 536. The van der Waals surface area contributed by atoms with Crippen molar-refractivity contribution in [2.75, 3.05) is 0 Å². The van der Waals surface area contributed by atoms with Crippen LogP contribution in [0.4, 0.5) is 0 Å². The highest BCUT2D eigenvalue weighted by Crippen LogP contribution is 2.29. The molecule has 0 nitrogen and oxygen atoms in total. The van der Waals surface area contributed by atoms with Gasteiger partial charge in [-0.15, -0.1) is 0 Å². The molecule has 0 bridgehead atoms. The van der Waals surface area contributed by atoms with Crippen molar-refractivity contribution in [2.24, 2.45) is 0 Å². The minimum atomic E-state index is 1.09. The summed E-state index contributed by atoms with van der Waals surface area (Å²) >= 11 is 0. The SMILES string of the molecule is CCc1ccc(C)cc1-c1cc(C)ccc1C. The molecule has 0 spiro atoms. The van der Waals surface area contributed by atoms with E-state index in [2.05, 4.69) is 64.1 Å². The van der Waals surface area contributed by atoms with Gasteiger partial charge in [-0.2, -0.15) is 0 Å². The topological polar surface area (TPSA) is 0 Å². The molecule has 0 heteroatoms. The first kappa shape index (κ1) is 11.9. The lowest BCUT2D eigenvalue weighted by Gasteiger charge is -2.13. The zero-order chi connectivity index (χ0) is 12.4. The number of rotatable bonds is 2. The van der Waals surface area contributed by atoms with Crippen molar-refractivity contribution >= 4 is 0 Å². The second-order valence-corrected chi connectivity index (χ2v) is 4.83. The van der Waals surface area contributed by atoms with Gasteiger partial charge in [-0.1, -0.05) is 54.4 Å². The Morgan fingerprint density at radius 3 is 2.00 bits per heavy atom. The van der Waals surface area contributed by atoms with Crippen molar-refractivity contribution in [3.05, 3.63) is 58.7 Å². The summed E-state index contributed by atoms with van der Waals surface area (Å²) in [6.07, 6.45) is 1.09. The van der Waals surface area contributed by atoms with Crippen LogP contribution in [0.5, 0.6) is 0 Å². The number of benzene rings is 2. The zero-order valence-corrected chi connectivity index (χ0v) is 11.2. The van der Waals surface area contributed by atoms with Crippen LogP contribution in [0, 0.1) is 20.8 Å². The van der Waals surface area contributed by atoms with Crippen LogP contribution < -0.4 is 0 Å². The molecule has 0 heterocycles. The molecule has 0 saturated heterocycles. The Labute approximate surface area is 104 Å². The molecule has 0 unspecified atom stereocenters. The highest BCUT2D eigenvalue weighted by molar-refractivity contribution is 5.71. The van der Waals surface area contributed by atoms with Crippen LogP contribution in [0.15, 0.2) is 36.4 Å². The fourth-order valence-corrected chi connectivity index (χ4v) is 2.28. The molecular weight excluding hydrogens is 204 g/mol. The number of aryl methyl sites for hydroxylation is 4. The molecule has 2 aromatic carbocycles. The molecule has 0 atom stereocenters. The molecule has 2 aromatic rings. The van der Waals surface area contributed by atoms with Crippen molar-refractivity contribution in [1.29, 1.82) is 0 Å². The monoisotopic (exact) mass is 224 g/mol. The minimum absolute atomic E-state index is 1.09. The van der Waals surface area contributed by atoms with E-state index in [0.29, 0.717) is 0 Å². The molecular formula is C17H20. The predicted octanol–water partition coefficient (Wildman–Crippen LogP) is 4.84. The molecule has 2 rings (SSSR count). The maximum Gasteiger partial charge on any atom is -0.0147 e. The van der Waals surface area contributed by atoms with E-state index in [-0.39, 0.29) is 0 Å². The van der Waals surface area contributed by atoms with Gasteiger partial charge in [0.15, 0.2) is 0 Å². The van der Waals surface area contributed by atoms with Crippen LogP contribution in [0.1, 0.15) is 29.2 Å². The van der Waals surface area contributed by atoms with E-state index < -0.39 is 0 Å². The Morgan fingerprint density at radius 1 is 0.765 bits per heavy atom. The van der Waals surface area contributed by atoms with E-state index >= 15 is 0 Å². The molecule has 0 aliphatic heterocycles. The predicted molar refractivity (Wildman–Crippen MR) is 75.5 cm³/mol. The van der Waals surface area contributed by atoms with Gasteiger partial charge in [-0.05, 0) is 49.4 Å². The lowest BCUT2D eigenvalue weighted by molar-refractivity contribution is 1.14. The van der Waals surface area contributed by atoms with Gasteiger partial charge in [0.1, 0.15) is 0 Å². The van der Waals surface area contributed by atoms with Crippen LogP contribution in [0.3, 0.4) is 0 Å². The average molecular weight is 224 g/mol. The third kappa shape index (κ3) is 2.41. The molecule has 0 aliphatic rings. The molecule has 0 amide bonds. The Balaban J connectivity index is 2.66. The molecule has 0 saturated carbocycles. The maximum absolute atomic E-state index is 2.31. The summed E-state index contributed by atoms with van der Waals surface area (Å²) in [7, 11) is 0. The van der Waals surface area contributed by atoms with Crippen molar-refractivity contribution in [2.45, 2.75) is 34.1 Å². The lowest BCUT2D eigenvalue weighted by Crippen LogP contribution is -1.92. The first-order valence-electron chi connectivity index (χ1n) is 6.29. The van der Waals surface area contributed by atoms with Crippen molar-refractivity contribution in [1.82, 2.24) is 0 Å². The van der Waals surface area contributed by atoms with Crippen LogP contribution >= 0.6 is 0 Å². The highest BCUT2D eigenvalue weighted by Gasteiger charge is 2.07. The van der Waals surface area contributed by atoms with Crippen LogP contribution in [0.2, 0.25) is 0 Å². The third-order valence-corrected chi connectivity index (χ3v) is 3.33. The van der Waals surface area contributed by atoms with Crippen LogP contribution in [-0.4, -0.2) is 0 Å². The van der Waals surface area contributed by atoms with Gasteiger partial charge in [-0.25, -0.2) is 0 Å². The first-order chi connectivity index (χ1) is 8.11. The standard InChI is InChI=1S/C17H20/c1-5-15-9-7-13(3)11-17(15)16-10-12(2)6-8-14(16)4/h6-11H,5H2,1-4H3. The molecule has 0 radical (unpaired) electrons. The fourth-order valence-electron chi connectivity index (χ4n) is 2.28. The van der Waals surface area contributed by atoms with E-state index in [0.717, 1.165) is 6.42 Å². The summed E-state index contributed by atoms with van der Waals surface area (Å²) in [6, 6.07) is 13.5. The van der Waals surface area contributed by atoms with Crippen LogP contribution in [0.25, 0.3) is 11.1 Å². The van der Waals surface area contributed by atoms with E-state index in [1.54, 1.807) is 0 Å². The molecule has 0 aromatic heterocycles. The second-order valence-electron chi connectivity index (χ2n) is 4.83. The van der Waals surface area contributed by atoms with Gasteiger partial charge in [0.2, 0.25) is 0 Å². The van der Waals surface area contributed by atoms with Crippen LogP contribution in [-0.2, 0) is 6.42 Å². The summed E-state index contributed by atoms with van der Waals surface area (Å²) < 4.78 is 0. The van der Waals surface area contributed by atoms with Gasteiger partial charge >= 0.3 is 0 Å². The Hall–Kier alpha value is -1.56. The van der Waals surface area contributed by atoms with Gasteiger partial charge in [0, 0.05) is 0 Å². The second kappa shape index (κ2) is 4.75. The normalized spacial score (nSPS) is 10.6. The van der Waals surface area contributed by atoms with E-state index in [1.165, 1.54) is 33.4 Å². The van der Waals surface area contributed by atoms with Gasteiger partial charge in [-0.3, -0.25) is 0 Å². The summed E-state index contributed by atoms with van der Waals surface area (Å²) in [5.41, 5.74) is 8.23. The quantitative estimate of drug-likeness (QED) is 0.684. The van der Waals surface area contributed by atoms with E-state index in [4.69, 9.17) is 0 Å². The average Bonchev–Trinajstić information content (AvgIpc) is 2.32. The van der Waals surface area contributed by atoms with E-state index in [1.807, 2.05) is 0 Å². The molecule has 0 aliphatic carbocycles. The summed E-state index contributed by atoms with van der Waals surface area (Å²) in [6.45, 7) is 8.73. The van der Waals surface area contributed by atoms with Crippen molar-refractivity contribution < 1.29 is 0 Å². The lowest BCUT2D eigenvalue weighted by atomic mass is 9.92. The Morgan fingerprint density at radius 2 is 1.35 bits per heavy atom. The number of hydrogen-bond donors (Lipinski definition) is 0. The van der Waals surface area contributed by atoms with Gasteiger partial charge in [0.05, 0.1) is 0 Å². The Kier molecular flexibility index (Phi) is 3.33. The molecule has 17 heavy (non-hydrogen) atoms. The minimum Gasteiger partial charge on any atom is -0.0613 e. The zero-order valence-electron chi connectivity index (χ0n) is 11.2. The smallest absolute Gasteiger partial charge is 0.0147 e. The van der Waals surface area contributed by atoms with Gasteiger partial charge in [0.25, 0.3) is 0 Å². The highest BCUT2D eigenvalue weighted by atomic mass is 14.1. The van der Waals surface area contributed by atoms with Crippen molar-refractivity contribution in [3.8, 4) is 11.1 Å². The largest absolute Gasteiger partial charge is 0.0613 e. The van der Waals surface area contributed by atoms with Crippen molar-refractivity contribution in [3.63, 3.8) is 0 Å². The fraction of sp³-hybridized carbons (Fsp3) is 0.294.